The maximum Gasteiger partial charge on any atom is 0.277 e. The van der Waals surface area contributed by atoms with Crippen LogP contribution in [0.1, 0.15) is 0 Å². The van der Waals surface area contributed by atoms with E-state index in [2.05, 4.69) is 14.7 Å². The van der Waals surface area contributed by atoms with Gasteiger partial charge in [0, 0.05) is 0 Å². The molecule has 54 valence electrons. The molecule has 5 heteroatoms. The Kier molecular flexibility index (Phi) is 1.57. The van der Waals surface area contributed by atoms with E-state index >= 15 is 0 Å². The van der Waals surface area contributed by atoms with E-state index in [1.165, 1.54) is 13.4 Å². The van der Waals surface area contributed by atoms with Crippen LogP contribution in [-0.2, 0) is 0 Å². The molecule has 0 atom stereocenters. The van der Waals surface area contributed by atoms with Crippen LogP contribution in [0.3, 0.4) is 0 Å². The van der Waals surface area contributed by atoms with E-state index in [1.54, 1.807) is 0 Å². The maximum atomic E-state index is 10.7. The number of aromatic amines is 1. The lowest BCUT2D eigenvalue weighted by Gasteiger charge is -1.98. The van der Waals surface area contributed by atoms with Crippen molar-refractivity contribution in [2.75, 3.05) is 12.8 Å². The number of nitrogens with zero attached hydrogens (tertiary/aromatic N) is 1. The number of anilines is 1. The van der Waals surface area contributed by atoms with Crippen molar-refractivity contribution >= 4 is 5.69 Å². The molecule has 0 saturated carbocycles. The molecular weight excluding hydrogens is 134 g/mol. The summed E-state index contributed by atoms with van der Waals surface area (Å²) in [5.41, 5.74) is 4.88. The van der Waals surface area contributed by atoms with Crippen molar-refractivity contribution in [2.45, 2.75) is 0 Å². The summed E-state index contributed by atoms with van der Waals surface area (Å²) in [5, 5.41) is 0. The van der Waals surface area contributed by atoms with Gasteiger partial charge in [0.25, 0.3) is 5.56 Å². The number of methoxy groups -OCH3 is 1. The van der Waals surface area contributed by atoms with Crippen LogP contribution in [0.5, 0.6) is 5.88 Å². The molecule has 1 aromatic rings. The second-order valence-corrected chi connectivity index (χ2v) is 1.65. The van der Waals surface area contributed by atoms with E-state index in [-0.39, 0.29) is 17.1 Å². The van der Waals surface area contributed by atoms with Crippen molar-refractivity contribution in [1.29, 1.82) is 0 Å². The highest BCUT2D eigenvalue weighted by Crippen LogP contribution is 2.08. The SMILES string of the molecule is COc1nc[nH]c(=O)c1N. The van der Waals surface area contributed by atoms with Crippen molar-refractivity contribution in [2.24, 2.45) is 0 Å². The normalized spacial score (nSPS) is 9.30. The molecule has 1 rings (SSSR count). The zero-order valence-corrected chi connectivity index (χ0v) is 5.42. The van der Waals surface area contributed by atoms with Gasteiger partial charge in [0.15, 0.2) is 5.69 Å². The molecule has 0 radical (unpaired) electrons. The monoisotopic (exact) mass is 141 g/mol. The summed E-state index contributed by atoms with van der Waals surface area (Å²) in [6, 6.07) is 0. The molecule has 0 aliphatic carbocycles. The van der Waals surface area contributed by atoms with Crippen LogP contribution in [0.15, 0.2) is 11.1 Å². The number of aromatic nitrogens is 2. The van der Waals surface area contributed by atoms with Gasteiger partial charge in [0.05, 0.1) is 13.4 Å². The largest absolute Gasteiger partial charge is 0.479 e. The van der Waals surface area contributed by atoms with Crippen molar-refractivity contribution in [3.05, 3.63) is 16.7 Å². The minimum atomic E-state index is -0.383. The Morgan fingerprint density at radius 1 is 1.80 bits per heavy atom. The van der Waals surface area contributed by atoms with Gasteiger partial charge in [-0.05, 0) is 0 Å². The summed E-state index contributed by atoms with van der Waals surface area (Å²) in [4.78, 5) is 16.7. The van der Waals surface area contributed by atoms with Crippen LogP contribution in [0.4, 0.5) is 5.69 Å². The first-order chi connectivity index (χ1) is 4.75. The second-order valence-electron chi connectivity index (χ2n) is 1.65. The van der Waals surface area contributed by atoms with Crippen LogP contribution in [0.2, 0.25) is 0 Å². The quantitative estimate of drug-likeness (QED) is 0.545. The van der Waals surface area contributed by atoms with Gasteiger partial charge in [-0.15, -0.1) is 0 Å². The Morgan fingerprint density at radius 3 is 3.00 bits per heavy atom. The molecule has 0 aliphatic rings. The summed E-state index contributed by atoms with van der Waals surface area (Å²) in [7, 11) is 1.40. The predicted molar refractivity (Wildman–Crippen MR) is 35.8 cm³/mol. The molecule has 0 amide bonds. The van der Waals surface area contributed by atoms with Gasteiger partial charge in [-0.1, -0.05) is 0 Å². The Morgan fingerprint density at radius 2 is 2.50 bits per heavy atom. The van der Waals surface area contributed by atoms with Gasteiger partial charge in [0.1, 0.15) is 0 Å². The number of hydrogen-bond donors (Lipinski definition) is 2. The molecule has 10 heavy (non-hydrogen) atoms. The molecule has 0 aromatic carbocycles. The Bertz CT molecular complexity index is 280. The minimum absolute atomic E-state index is 0.00463. The molecule has 0 unspecified atom stereocenters. The fraction of sp³-hybridized carbons (Fsp3) is 0.200. The van der Waals surface area contributed by atoms with Crippen molar-refractivity contribution in [3.63, 3.8) is 0 Å². The van der Waals surface area contributed by atoms with Gasteiger partial charge in [-0.3, -0.25) is 4.79 Å². The fourth-order valence-electron chi connectivity index (χ4n) is 0.557. The number of ether oxygens (including phenoxy) is 1. The van der Waals surface area contributed by atoms with Crippen molar-refractivity contribution < 1.29 is 4.74 Å². The summed E-state index contributed by atoms with van der Waals surface area (Å²) >= 11 is 0. The number of nitrogen functional groups attached to an aromatic ring is 1. The molecule has 1 aromatic heterocycles. The van der Waals surface area contributed by atoms with Crippen molar-refractivity contribution in [3.8, 4) is 5.88 Å². The zero-order chi connectivity index (χ0) is 7.56. The molecule has 0 fully saturated rings. The molecular formula is C5H7N3O2. The van der Waals surface area contributed by atoms with E-state index in [4.69, 9.17) is 5.73 Å². The molecule has 1 heterocycles. The summed E-state index contributed by atoms with van der Waals surface area (Å²) in [6.45, 7) is 0. The number of nitrogens with two attached hydrogens (primary N) is 1. The first-order valence-electron chi connectivity index (χ1n) is 2.63. The van der Waals surface area contributed by atoms with E-state index in [9.17, 15) is 4.79 Å². The maximum absolute atomic E-state index is 10.7. The van der Waals surface area contributed by atoms with E-state index in [1.807, 2.05) is 0 Å². The summed E-state index contributed by atoms with van der Waals surface area (Å²) < 4.78 is 4.67. The Hall–Kier alpha value is -1.52. The number of hydrogen-bond acceptors (Lipinski definition) is 4. The van der Waals surface area contributed by atoms with Crippen molar-refractivity contribution in [1.82, 2.24) is 9.97 Å². The third-order valence-corrected chi connectivity index (χ3v) is 1.05. The standard InChI is InChI=1S/C5H7N3O2/c1-10-5-3(6)4(9)7-2-8-5/h2H,6H2,1H3,(H,7,8,9). The van der Waals surface area contributed by atoms with Gasteiger partial charge in [-0.2, -0.15) is 0 Å². The number of H-pyrrole nitrogens is 1. The topological polar surface area (TPSA) is 81.0 Å². The van der Waals surface area contributed by atoms with Crippen LogP contribution in [0, 0.1) is 0 Å². The van der Waals surface area contributed by atoms with E-state index < -0.39 is 0 Å². The van der Waals surface area contributed by atoms with Gasteiger partial charge in [0.2, 0.25) is 5.88 Å². The van der Waals surface area contributed by atoms with Crippen LogP contribution >= 0.6 is 0 Å². The third-order valence-electron chi connectivity index (χ3n) is 1.05. The lowest BCUT2D eigenvalue weighted by molar-refractivity contribution is 0.398. The number of rotatable bonds is 1. The molecule has 0 bridgehead atoms. The first kappa shape index (κ1) is 6.60. The average molecular weight is 141 g/mol. The van der Waals surface area contributed by atoms with Gasteiger partial charge >= 0.3 is 0 Å². The zero-order valence-electron chi connectivity index (χ0n) is 5.42. The summed E-state index contributed by atoms with van der Waals surface area (Å²) in [5.74, 6) is 0.156. The van der Waals surface area contributed by atoms with Crippen LogP contribution in [0.25, 0.3) is 0 Å². The highest BCUT2D eigenvalue weighted by Gasteiger charge is 2.01. The first-order valence-corrected chi connectivity index (χ1v) is 2.63. The molecule has 0 spiro atoms. The lowest BCUT2D eigenvalue weighted by Crippen LogP contribution is -2.13. The fourth-order valence-corrected chi connectivity index (χ4v) is 0.557. The Balaban J connectivity index is 3.28. The smallest absolute Gasteiger partial charge is 0.277 e. The lowest BCUT2D eigenvalue weighted by atomic mass is 10.5. The highest BCUT2D eigenvalue weighted by molar-refractivity contribution is 5.44. The molecule has 5 nitrogen and oxygen atoms in total. The van der Waals surface area contributed by atoms with E-state index in [0.29, 0.717) is 0 Å². The predicted octanol–water partition coefficient (Wildman–Crippen LogP) is -0.639. The average Bonchev–Trinajstić information content (AvgIpc) is 1.95. The van der Waals surface area contributed by atoms with Gasteiger partial charge in [-0.25, -0.2) is 4.98 Å². The van der Waals surface area contributed by atoms with Crippen LogP contribution in [-0.4, -0.2) is 17.1 Å². The van der Waals surface area contributed by atoms with E-state index in [0.717, 1.165) is 0 Å². The summed E-state index contributed by atoms with van der Waals surface area (Å²) in [6.07, 6.45) is 1.23. The highest BCUT2D eigenvalue weighted by atomic mass is 16.5. The van der Waals surface area contributed by atoms with Gasteiger partial charge < -0.3 is 15.5 Å². The molecule has 3 N–H and O–H groups in total. The third kappa shape index (κ3) is 0.928. The Labute approximate surface area is 56.9 Å². The van der Waals surface area contributed by atoms with Crippen LogP contribution < -0.4 is 16.0 Å². The molecule has 0 saturated heterocycles. The second kappa shape index (κ2) is 2.38. The number of nitrogens with one attached hydrogen (secondary N) is 1. The minimum Gasteiger partial charge on any atom is -0.479 e. The molecule has 0 aliphatic heterocycles.